The molecule has 0 saturated heterocycles. The Labute approximate surface area is 237 Å². The van der Waals surface area contributed by atoms with Gasteiger partial charge in [-0.2, -0.15) is 0 Å². The lowest BCUT2D eigenvalue weighted by atomic mass is 9.81. The predicted molar refractivity (Wildman–Crippen MR) is 158 cm³/mol. The molecule has 0 unspecified atom stereocenters. The van der Waals surface area contributed by atoms with Crippen molar-refractivity contribution in [3.05, 3.63) is 40.2 Å². The molecule has 2 aromatic rings. The van der Waals surface area contributed by atoms with Crippen molar-refractivity contribution in [1.82, 2.24) is 10.4 Å². The van der Waals surface area contributed by atoms with E-state index < -0.39 is 5.97 Å². The lowest BCUT2D eigenvalue weighted by Crippen LogP contribution is -2.50. The van der Waals surface area contributed by atoms with E-state index in [-0.39, 0.29) is 34.2 Å². The van der Waals surface area contributed by atoms with Gasteiger partial charge in [0.15, 0.2) is 0 Å². The second kappa shape index (κ2) is 12.5. The number of nitrogens with zero attached hydrogens (tertiary/aromatic N) is 3. The van der Waals surface area contributed by atoms with Crippen LogP contribution in [0.5, 0.6) is 0 Å². The standard InChI is InChI=1S/C31H42N4O3S/c1-21-9-11-22(12-10-21)29(36)35(26-20-25(17-18-31(2,3)4)39-28(26)30(37)38)24-15-13-23(14-16-24)33-34(5)27-8-6-7-19-32-27/h6-8,19-24,33H,9-16H2,1-5H3,(H,37,38)/t21?,22?,23-,24+. The van der Waals surface area contributed by atoms with Crippen molar-refractivity contribution in [3.8, 4) is 11.8 Å². The van der Waals surface area contributed by atoms with Crippen LogP contribution in [0.4, 0.5) is 11.5 Å². The topological polar surface area (TPSA) is 85.8 Å². The molecule has 2 aromatic heterocycles. The summed E-state index contributed by atoms with van der Waals surface area (Å²) in [6.45, 7) is 8.34. The minimum Gasteiger partial charge on any atom is -0.477 e. The molecule has 0 bridgehead atoms. The quantitative estimate of drug-likeness (QED) is 0.309. The van der Waals surface area contributed by atoms with Gasteiger partial charge in [-0.25, -0.2) is 15.2 Å². The van der Waals surface area contributed by atoms with Crippen LogP contribution in [-0.4, -0.2) is 41.1 Å². The molecule has 210 valence electrons. The number of amides is 1. The van der Waals surface area contributed by atoms with E-state index in [1.54, 1.807) is 6.20 Å². The molecule has 2 aliphatic rings. The molecule has 0 atom stereocenters. The molecular formula is C31H42N4O3S. The fourth-order valence-electron chi connectivity index (χ4n) is 5.58. The third-order valence-corrected chi connectivity index (χ3v) is 8.79. The Morgan fingerprint density at radius 2 is 1.77 bits per heavy atom. The molecule has 7 nitrogen and oxygen atoms in total. The zero-order chi connectivity index (χ0) is 28.2. The number of carbonyl (C=O) groups excluding carboxylic acids is 1. The number of anilines is 2. The fourth-order valence-corrected chi connectivity index (χ4v) is 6.42. The summed E-state index contributed by atoms with van der Waals surface area (Å²) in [6.07, 6.45) is 8.98. The number of hydrogen-bond donors (Lipinski definition) is 2. The largest absolute Gasteiger partial charge is 0.477 e. The lowest BCUT2D eigenvalue weighted by Gasteiger charge is -2.40. The van der Waals surface area contributed by atoms with Gasteiger partial charge in [-0.05, 0) is 96.3 Å². The number of carboxylic acids is 1. The molecule has 0 aliphatic heterocycles. The van der Waals surface area contributed by atoms with E-state index in [1.165, 1.54) is 11.3 Å². The smallest absolute Gasteiger partial charge is 0.348 e. The second-order valence-electron chi connectivity index (χ2n) is 12.2. The summed E-state index contributed by atoms with van der Waals surface area (Å²) in [5, 5.41) is 12.1. The van der Waals surface area contributed by atoms with Crippen LogP contribution >= 0.6 is 11.3 Å². The molecule has 2 N–H and O–H groups in total. The number of hydrogen-bond acceptors (Lipinski definition) is 6. The van der Waals surface area contributed by atoms with Crippen molar-refractivity contribution >= 4 is 34.7 Å². The third-order valence-electron chi connectivity index (χ3n) is 7.76. The maximum absolute atomic E-state index is 14.1. The molecule has 0 radical (unpaired) electrons. The minimum atomic E-state index is -0.999. The molecule has 2 aliphatic carbocycles. The van der Waals surface area contributed by atoms with Gasteiger partial charge < -0.3 is 10.0 Å². The van der Waals surface area contributed by atoms with Gasteiger partial charge in [0, 0.05) is 36.7 Å². The summed E-state index contributed by atoms with van der Waals surface area (Å²) in [4.78, 5) is 33.7. The predicted octanol–water partition coefficient (Wildman–Crippen LogP) is 6.35. The van der Waals surface area contributed by atoms with Gasteiger partial charge in [-0.15, -0.1) is 11.3 Å². The van der Waals surface area contributed by atoms with E-state index in [2.05, 4.69) is 29.2 Å². The van der Waals surface area contributed by atoms with Crippen molar-refractivity contribution in [2.24, 2.45) is 17.3 Å². The van der Waals surface area contributed by atoms with E-state index >= 15 is 0 Å². The molecule has 8 heteroatoms. The highest BCUT2D eigenvalue weighted by molar-refractivity contribution is 7.15. The van der Waals surface area contributed by atoms with E-state index in [1.807, 2.05) is 62.0 Å². The van der Waals surface area contributed by atoms with Gasteiger partial charge in [0.1, 0.15) is 10.7 Å². The summed E-state index contributed by atoms with van der Waals surface area (Å²) in [6, 6.07) is 7.90. The highest BCUT2D eigenvalue weighted by atomic mass is 32.1. The molecule has 2 saturated carbocycles. The van der Waals surface area contributed by atoms with Crippen LogP contribution in [0, 0.1) is 29.1 Å². The molecule has 0 spiro atoms. The van der Waals surface area contributed by atoms with Crippen LogP contribution in [0.1, 0.15) is 93.6 Å². The highest BCUT2D eigenvalue weighted by Crippen LogP contribution is 2.39. The number of thiophene rings is 1. The molecule has 1 amide bonds. The first-order chi connectivity index (χ1) is 18.5. The third kappa shape index (κ3) is 7.61. The number of aromatic nitrogens is 1. The van der Waals surface area contributed by atoms with Crippen LogP contribution in [0.2, 0.25) is 0 Å². The lowest BCUT2D eigenvalue weighted by molar-refractivity contribution is -0.124. The normalized spacial score (nSPS) is 23.4. The Bertz CT molecular complexity index is 1190. The van der Waals surface area contributed by atoms with Gasteiger partial charge in [0.2, 0.25) is 5.91 Å². The van der Waals surface area contributed by atoms with E-state index in [0.717, 1.165) is 57.2 Å². The van der Waals surface area contributed by atoms with Crippen LogP contribution in [0.3, 0.4) is 0 Å². The van der Waals surface area contributed by atoms with Crippen molar-refractivity contribution < 1.29 is 14.7 Å². The average molecular weight is 551 g/mol. The Balaban J connectivity index is 1.58. The molecule has 2 fully saturated rings. The number of aromatic carboxylic acids is 1. The second-order valence-corrected chi connectivity index (χ2v) is 13.2. The van der Waals surface area contributed by atoms with Gasteiger partial charge >= 0.3 is 5.97 Å². The zero-order valence-corrected chi connectivity index (χ0v) is 24.7. The fraction of sp³-hybridized carbons (Fsp3) is 0.581. The summed E-state index contributed by atoms with van der Waals surface area (Å²) >= 11 is 1.18. The van der Waals surface area contributed by atoms with Crippen LogP contribution in [0.15, 0.2) is 30.5 Å². The van der Waals surface area contributed by atoms with Crippen molar-refractivity contribution in [3.63, 3.8) is 0 Å². The molecule has 39 heavy (non-hydrogen) atoms. The average Bonchev–Trinajstić information content (AvgIpc) is 3.33. The maximum Gasteiger partial charge on any atom is 0.348 e. The monoisotopic (exact) mass is 550 g/mol. The summed E-state index contributed by atoms with van der Waals surface area (Å²) in [5.41, 5.74) is 3.88. The first-order valence-electron chi connectivity index (χ1n) is 14.2. The highest BCUT2D eigenvalue weighted by Gasteiger charge is 2.37. The number of nitrogens with one attached hydrogen (secondary N) is 1. The summed E-state index contributed by atoms with van der Waals surface area (Å²) in [7, 11) is 1.97. The Morgan fingerprint density at radius 1 is 1.08 bits per heavy atom. The molecular weight excluding hydrogens is 508 g/mol. The number of carboxylic acid groups (broad SMARTS) is 1. The SMILES string of the molecule is CC1CCC(C(=O)N(c2cc(C#CC(C)(C)C)sc2C(=O)O)[C@H]2CC[C@@H](NN(C)c3ccccn3)CC2)CC1. The molecule has 2 heterocycles. The van der Waals surface area contributed by atoms with E-state index in [9.17, 15) is 14.7 Å². The molecule has 4 rings (SSSR count). The number of pyridine rings is 1. The van der Waals surface area contributed by atoms with Gasteiger partial charge in [0.05, 0.1) is 10.6 Å². The van der Waals surface area contributed by atoms with Crippen molar-refractivity contribution in [2.75, 3.05) is 17.0 Å². The van der Waals surface area contributed by atoms with Crippen molar-refractivity contribution in [1.29, 1.82) is 0 Å². The minimum absolute atomic E-state index is 0.0359. The summed E-state index contributed by atoms with van der Waals surface area (Å²) < 4.78 is 0. The van der Waals surface area contributed by atoms with Crippen molar-refractivity contribution in [2.45, 2.75) is 91.1 Å². The summed E-state index contributed by atoms with van der Waals surface area (Å²) in [5.74, 6) is 6.91. The van der Waals surface area contributed by atoms with E-state index in [0.29, 0.717) is 16.5 Å². The Kier molecular flexibility index (Phi) is 9.35. The number of carbonyl (C=O) groups is 2. The zero-order valence-electron chi connectivity index (χ0n) is 23.9. The van der Waals surface area contributed by atoms with Crippen LogP contribution in [-0.2, 0) is 4.79 Å². The van der Waals surface area contributed by atoms with Gasteiger partial charge in [0.25, 0.3) is 0 Å². The molecule has 0 aromatic carbocycles. The van der Waals surface area contributed by atoms with Crippen LogP contribution in [0.25, 0.3) is 0 Å². The first kappa shape index (κ1) is 29.1. The Hall–Kier alpha value is -2.89. The van der Waals surface area contributed by atoms with Crippen LogP contribution < -0.4 is 15.3 Å². The first-order valence-corrected chi connectivity index (χ1v) is 15.0. The number of hydrazine groups is 1. The van der Waals surface area contributed by atoms with Gasteiger partial charge in [-0.3, -0.25) is 9.80 Å². The Morgan fingerprint density at radius 3 is 2.36 bits per heavy atom. The van der Waals surface area contributed by atoms with Gasteiger partial charge in [-0.1, -0.05) is 24.8 Å². The maximum atomic E-state index is 14.1. The van der Waals surface area contributed by atoms with E-state index in [4.69, 9.17) is 0 Å². The number of rotatable bonds is 7.